The quantitative estimate of drug-likeness (QED) is 0.559. The number of para-hydroxylation sites is 1. The second-order valence-electron chi connectivity index (χ2n) is 6.71. The van der Waals surface area contributed by atoms with Crippen molar-refractivity contribution in [1.82, 2.24) is 9.97 Å². The summed E-state index contributed by atoms with van der Waals surface area (Å²) >= 11 is 0. The Labute approximate surface area is 163 Å². The molecule has 5 rings (SSSR count). The largest absolute Gasteiger partial charge is 0.454 e. The molecule has 0 spiro atoms. The minimum absolute atomic E-state index is 0.283. The average Bonchev–Trinajstić information content (AvgIpc) is 3.21. The van der Waals surface area contributed by atoms with Gasteiger partial charge in [0.15, 0.2) is 11.5 Å². The number of hydrogen-bond donors (Lipinski definition) is 1. The van der Waals surface area contributed by atoms with E-state index in [2.05, 4.69) is 17.4 Å². The maximum absolute atomic E-state index is 5.47. The highest BCUT2D eigenvalue weighted by Gasteiger charge is 2.14. The monoisotopic (exact) mass is 369 g/mol. The molecule has 0 unspecified atom stereocenters. The summed E-state index contributed by atoms with van der Waals surface area (Å²) in [6, 6.07) is 24.3. The van der Waals surface area contributed by atoms with Gasteiger partial charge in [0, 0.05) is 18.4 Å². The zero-order valence-corrected chi connectivity index (χ0v) is 15.3. The lowest BCUT2D eigenvalue weighted by molar-refractivity contribution is 0.174. The van der Waals surface area contributed by atoms with Crippen LogP contribution >= 0.6 is 0 Å². The molecule has 0 fully saturated rings. The van der Waals surface area contributed by atoms with Gasteiger partial charge in [0.05, 0.1) is 5.52 Å². The smallest absolute Gasteiger partial charge is 0.231 e. The number of nitrogens with zero attached hydrogens (tertiary/aromatic N) is 2. The van der Waals surface area contributed by atoms with E-state index in [1.54, 1.807) is 0 Å². The van der Waals surface area contributed by atoms with E-state index in [4.69, 9.17) is 19.4 Å². The fraction of sp³-hybridized carbons (Fsp3) is 0.130. The molecule has 3 aromatic carbocycles. The van der Waals surface area contributed by atoms with Crippen molar-refractivity contribution in [2.45, 2.75) is 13.0 Å². The van der Waals surface area contributed by atoms with E-state index in [9.17, 15) is 0 Å². The van der Waals surface area contributed by atoms with Crippen molar-refractivity contribution in [3.05, 3.63) is 89.7 Å². The molecule has 1 aliphatic rings. The average molecular weight is 369 g/mol. The van der Waals surface area contributed by atoms with Crippen LogP contribution < -0.4 is 14.8 Å². The second-order valence-corrected chi connectivity index (χ2v) is 6.71. The first-order valence-electron chi connectivity index (χ1n) is 9.27. The highest BCUT2D eigenvalue weighted by atomic mass is 16.7. The summed E-state index contributed by atoms with van der Waals surface area (Å²) in [5, 5.41) is 4.49. The van der Waals surface area contributed by atoms with Crippen molar-refractivity contribution in [2.24, 2.45) is 0 Å². The summed E-state index contributed by atoms with van der Waals surface area (Å²) < 4.78 is 10.9. The van der Waals surface area contributed by atoms with Crippen LogP contribution in [0.1, 0.15) is 17.0 Å². The molecule has 5 heteroatoms. The van der Waals surface area contributed by atoms with E-state index < -0.39 is 0 Å². The Hall–Kier alpha value is -3.60. The van der Waals surface area contributed by atoms with E-state index in [-0.39, 0.29) is 6.79 Å². The van der Waals surface area contributed by atoms with Crippen LogP contribution in [0.15, 0.2) is 72.8 Å². The fourth-order valence-electron chi connectivity index (χ4n) is 3.35. The molecule has 1 aliphatic heterocycles. The number of nitrogens with one attached hydrogen (secondary N) is 1. The van der Waals surface area contributed by atoms with E-state index in [0.29, 0.717) is 13.0 Å². The summed E-state index contributed by atoms with van der Waals surface area (Å²) in [4.78, 5) is 9.55. The molecule has 0 saturated carbocycles. The zero-order chi connectivity index (χ0) is 18.8. The normalized spacial score (nSPS) is 12.3. The Bertz CT molecular complexity index is 1130. The summed E-state index contributed by atoms with van der Waals surface area (Å²) in [7, 11) is 0. The Morgan fingerprint density at radius 2 is 1.61 bits per heavy atom. The van der Waals surface area contributed by atoms with Crippen LogP contribution in [-0.4, -0.2) is 16.8 Å². The number of ether oxygens (including phenoxy) is 2. The molecule has 0 saturated heterocycles. The Balaban J connectivity index is 1.44. The number of benzene rings is 3. The highest BCUT2D eigenvalue weighted by Crippen LogP contribution is 2.32. The van der Waals surface area contributed by atoms with Crippen LogP contribution in [-0.2, 0) is 13.0 Å². The fourth-order valence-corrected chi connectivity index (χ4v) is 3.35. The van der Waals surface area contributed by atoms with Crippen LogP contribution in [0.25, 0.3) is 10.9 Å². The van der Waals surface area contributed by atoms with Crippen LogP contribution in [0.5, 0.6) is 11.5 Å². The molecule has 0 bridgehead atoms. The lowest BCUT2D eigenvalue weighted by Gasteiger charge is -2.11. The van der Waals surface area contributed by atoms with Crippen molar-refractivity contribution >= 4 is 16.7 Å². The number of anilines is 1. The SMILES string of the molecule is c1ccc(Cc2nc(NCc3ccc4c(c3)OCO4)c3ccccc3n2)cc1. The number of rotatable bonds is 5. The molecule has 4 aromatic rings. The molecule has 138 valence electrons. The summed E-state index contributed by atoms with van der Waals surface area (Å²) in [6.07, 6.45) is 0.699. The lowest BCUT2D eigenvalue weighted by atomic mass is 10.1. The van der Waals surface area contributed by atoms with Crippen LogP contribution in [0, 0.1) is 0 Å². The van der Waals surface area contributed by atoms with Crippen molar-refractivity contribution in [2.75, 3.05) is 12.1 Å². The van der Waals surface area contributed by atoms with E-state index >= 15 is 0 Å². The molecular weight excluding hydrogens is 350 g/mol. The van der Waals surface area contributed by atoms with Crippen molar-refractivity contribution in [3.8, 4) is 11.5 Å². The van der Waals surface area contributed by atoms with Gasteiger partial charge in [-0.05, 0) is 35.4 Å². The van der Waals surface area contributed by atoms with Gasteiger partial charge in [0.1, 0.15) is 11.6 Å². The summed E-state index contributed by atoms with van der Waals surface area (Å²) in [5.41, 5.74) is 3.24. The third-order valence-electron chi connectivity index (χ3n) is 4.75. The van der Waals surface area contributed by atoms with Crippen LogP contribution in [0.3, 0.4) is 0 Å². The summed E-state index contributed by atoms with van der Waals surface area (Å²) in [6.45, 7) is 0.925. The minimum Gasteiger partial charge on any atom is -0.454 e. The highest BCUT2D eigenvalue weighted by molar-refractivity contribution is 5.89. The van der Waals surface area contributed by atoms with Gasteiger partial charge >= 0.3 is 0 Å². The van der Waals surface area contributed by atoms with E-state index in [1.807, 2.05) is 60.7 Å². The third kappa shape index (κ3) is 3.34. The molecule has 28 heavy (non-hydrogen) atoms. The number of aromatic nitrogens is 2. The Morgan fingerprint density at radius 1 is 0.786 bits per heavy atom. The zero-order valence-electron chi connectivity index (χ0n) is 15.3. The van der Waals surface area contributed by atoms with Crippen molar-refractivity contribution in [1.29, 1.82) is 0 Å². The predicted molar refractivity (Wildman–Crippen MR) is 109 cm³/mol. The molecule has 0 radical (unpaired) electrons. The molecule has 0 aliphatic carbocycles. The predicted octanol–water partition coefficient (Wildman–Crippen LogP) is 4.56. The van der Waals surface area contributed by atoms with E-state index in [1.165, 1.54) is 5.56 Å². The van der Waals surface area contributed by atoms with Gasteiger partial charge in [-0.15, -0.1) is 0 Å². The van der Waals surface area contributed by atoms with Crippen molar-refractivity contribution < 1.29 is 9.47 Å². The topological polar surface area (TPSA) is 56.3 Å². The molecule has 1 aromatic heterocycles. The first-order valence-corrected chi connectivity index (χ1v) is 9.27. The van der Waals surface area contributed by atoms with Gasteiger partial charge in [-0.1, -0.05) is 48.5 Å². The lowest BCUT2D eigenvalue weighted by Crippen LogP contribution is -2.06. The van der Waals surface area contributed by atoms with E-state index in [0.717, 1.165) is 39.6 Å². The van der Waals surface area contributed by atoms with Gasteiger partial charge in [-0.25, -0.2) is 9.97 Å². The van der Waals surface area contributed by atoms with Gasteiger partial charge in [0.2, 0.25) is 6.79 Å². The first-order chi connectivity index (χ1) is 13.8. The maximum atomic E-state index is 5.47. The molecule has 1 N–H and O–H groups in total. The third-order valence-corrected chi connectivity index (χ3v) is 4.75. The van der Waals surface area contributed by atoms with Gasteiger partial charge in [-0.3, -0.25) is 0 Å². The Kier molecular flexibility index (Phi) is 4.26. The molecule has 0 amide bonds. The molecular formula is C23H19N3O2. The van der Waals surface area contributed by atoms with Gasteiger partial charge in [0.25, 0.3) is 0 Å². The molecule has 0 atom stereocenters. The van der Waals surface area contributed by atoms with Crippen LogP contribution in [0.4, 0.5) is 5.82 Å². The Morgan fingerprint density at radius 3 is 2.54 bits per heavy atom. The standard InChI is InChI=1S/C23H19N3O2/c1-2-6-16(7-3-1)13-22-25-19-9-5-4-8-18(19)23(26-22)24-14-17-10-11-20-21(12-17)28-15-27-20/h1-12H,13-15H2,(H,24,25,26). The van der Waals surface area contributed by atoms with Crippen LogP contribution in [0.2, 0.25) is 0 Å². The first kappa shape index (κ1) is 16.6. The second kappa shape index (κ2) is 7.19. The van der Waals surface area contributed by atoms with Gasteiger partial charge < -0.3 is 14.8 Å². The maximum Gasteiger partial charge on any atom is 0.231 e. The summed E-state index contributed by atoms with van der Waals surface area (Å²) in [5.74, 6) is 3.23. The molecule has 2 heterocycles. The molecule has 5 nitrogen and oxygen atoms in total. The van der Waals surface area contributed by atoms with Crippen molar-refractivity contribution in [3.63, 3.8) is 0 Å². The number of hydrogen-bond acceptors (Lipinski definition) is 5. The number of fused-ring (bicyclic) bond motifs is 2. The minimum atomic E-state index is 0.283. The van der Waals surface area contributed by atoms with Gasteiger partial charge in [-0.2, -0.15) is 0 Å².